The standard InChI is InChI=1S/C7H14BrClN2/c1-6(2)7(3,4)11(9)5-10(6)8/h5H2,1-4H3. The second-order valence-electron chi connectivity index (χ2n) is 3.98. The lowest BCUT2D eigenvalue weighted by molar-refractivity contribution is 0.197. The van der Waals surface area contributed by atoms with Gasteiger partial charge in [0.1, 0.15) is 0 Å². The molecule has 0 unspecified atom stereocenters. The van der Waals surface area contributed by atoms with Crippen LogP contribution in [-0.2, 0) is 0 Å². The maximum Gasteiger partial charge on any atom is 0.0768 e. The van der Waals surface area contributed by atoms with Crippen molar-refractivity contribution >= 4 is 27.9 Å². The van der Waals surface area contributed by atoms with Crippen molar-refractivity contribution in [2.45, 2.75) is 38.8 Å². The molecule has 2 nitrogen and oxygen atoms in total. The molecule has 0 bridgehead atoms. The van der Waals surface area contributed by atoms with Crippen molar-refractivity contribution in [2.24, 2.45) is 0 Å². The smallest absolute Gasteiger partial charge is 0.0768 e. The molecule has 0 aliphatic carbocycles. The Morgan fingerprint density at radius 3 is 1.73 bits per heavy atom. The SMILES string of the molecule is CC1(C)N(Cl)CN(Br)C1(C)C. The summed E-state index contributed by atoms with van der Waals surface area (Å²) >= 11 is 9.53. The zero-order valence-corrected chi connectivity index (χ0v) is 9.70. The molecule has 0 aromatic heterocycles. The average molecular weight is 242 g/mol. The zero-order chi connectivity index (χ0) is 8.86. The summed E-state index contributed by atoms with van der Waals surface area (Å²) in [5.41, 5.74) is 0.0623. The molecule has 0 aromatic rings. The predicted molar refractivity (Wildman–Crippen MR) is 51.5 cm³/mol. The highest BCUT2D eigenvalue weighted by molar-refractivity contribution is 9.07. The molecule has 0 atom stereocenters. The third-order valence-corrected chi connectivity index (χ3v) is 4.60. The van der Waals surface area contributed by atoms with E-state index in [4.69, 9.17) is 11.8 Å². The number of rotatable bonds is 0. The van der Waals surface area contributed by atoms with Gasteiger partial charge in [-0.25, -0.2) is 3.93 Å². The van der Waals surface area contributed by atoms with Crippen molar-refractivity contribution in [3.05, 3.63) is 0 Å². The van der Waals surface area contributed by atoms with Crippen LogP contribution < -0.4 is 0 Å². The molecule has 11 heavy (non-hydrogen) atoms. The second-order valence-corrected chi connectivity index (χ2v) is 5.25. The predicted octanol–water partition coefficient (Wildman–Crippen LogP) is 2.58. The molecule has 0 spiro atoms. The Hall–Kier alpha value is 0.690. The van der Waals surface area contributed by atoms with E-state index in [1.54, 1.807) is 0 Å². The molecule has 0 aromatic carbocycles. The molecule has 1 heterocycles. The van der Waals surface area contributed by atoms with Gasteiger partial charge in [0, 0.05) is 21.7 Å². The maximum absolute atomic E-state index is 6.04. The van der Waals surface area contributed by atoms with Gasteiger partial charge in [0.2, 0.25) is 0 Å². The normalized spacial score (nSPS) is 31.1. The van der Waals surface area contributed by atoms with E-state index in [0.29, 0.717) is 0 Å². The van der Waals surface area contributed by atoms with Crippen LogP contribution >= 0.6 is 27.9 Å². The summed E-state index contributed by atoms with van der Waals surface area (Å²) in [6.45, 7) is 9.37. The van der Waals surface area contributed by atoms with Gasteiger partial charge < -0.3 is 0 Å². The molecule has 0 radical (unpaired) electrons. The average Bonchev–Trinajstić information content (AvgIpc) is 1.95. The molecule has 1 aliphatic heterocycles. The monoisotopic (exact) mass is 240 g/mol. The first-order valence-electron chi connectivity index (χ1n) is 3.67. The van der Waals surface area contributed by atoms with Crippen LogP contribution in [0.4, 0.5) is 0 Å². The van der Waals surface area contributed by atoms with Gasteiger partial charge in [-0.2, -0.15) is 4.42 Å². The molecule has 0 N–H and O–H groups in total. The van der Waals surface area contributed by atoms with Gasteiger partial charge in [-0.3, -0.25) is 0 Å². The molecular weight excluding hydrogens is 227 g/mol. The first-order chi connectivity index (χ1) is 4.80. The lowest BCUT2D eigenvalue weighted by Gasteiger charge is -2.38. The van der Waals surface area contributed by atoms with Gasteiger partial charge in [-0.05, 0) is 39.5 Å². The van der Waals surface area contributed by atoms with Crippen LogP contribution in [0, 0.1) is 0 Å². The Morgan fingerprint density at radius 1 is 1.18 bits per heavy atom. The second kappa shape index (κ2) is 2.59. The first-order valence-corrected chi connectivity index (χ1v) is 4.72. The Kier molecular flexibility index (Phi) is 2.30. The first kappa shape index (κ1) is 9.78. The van der Waals surface area contributed by atoms with E-state index in [2.05, 4.69) is 47.8 Å². The summed E-state index contributed by atoms with van der Waals surface area (Å²) in [6.07, 6.45) is 0. The van der Waals surface area contributed by atoms with Gasteiger partial charge in [0.15, 0.2) is 0 Å². The number of hydrogen-bond donors (Lipinski definition) is 0. The zero-order valence-electron chi connectivity index (χ0n) is 7.36. The van der Waals surface area contributed by atoms with Crippen LogP contribution in [0.25, 0.3) is 0 Å². The van der Waals surface area contributed by atoms with Crippen LogP contribution in [0.3, 0.4) is 0 Å². The molecule has 1 aliphatic rings. The molecule has 1 rings (SSSR count). The van der Waals surface area contributed by atoms with E-state index in [1.807, 2.05) is 4.42 Å². The Labute approximate surface area is 81.9 Å². The number of halogens is 2. The largest absolute Gasteiger partial charge is 0.220 e. The van der Waals surface area contributed by atoms with Crippen molar-refractivity contribution < 1.29 is 0 Å². The fraction of sp³-hybridized carbons (Fsp3) is 1.00. The van der Waals surface area contributed by atoms with Crippen LogP contribution in [0.2, 0.25) is 0 Å². The summed E-state index contributed by atoms with van der Waals surface area (Å²) in [4.78, 5) is 0. The molecule has 4 heteroatoms. The lowest BCUT2D eigenvalue weighted by Crippen LogP contribution is -2.50. The number of hydrogen-bond acceptors (Lipinski definition) is 2. The van der Waals surface area contributed by atoms with Gasteiger partial charge in [0.25, 0.3) is 0 Å². The number of nitrogens with zero attached hydrogens (tertiary/aromatic N) is 2. The van der Waals surface area contributed by atoms with Gasteiger partial charge in [-0.1, -0.05) is 0 Å². The van der Waals surface area contributed by atoms with E-state index < -0.39 is 0 Å². The van der Waals surface area contributed by atoms with Crippen LogP contribution in [-0.4, -0.2) is 26.1 Å². The van der Waals surface area contributed by atoms with Crippen molar-refractivity contribution in [1.29, 1.82) is 0 Å². The fourth-order valence-corrected chi connectivity index (χ4v) is 2.16. The molecule has 0 amide bonds. The van der Waals surface area contributed by atoms with E-state index in [0.717, 1.165) is 6.67 Å². The van der Waals surface area contributed by atoms with Crippen LogP contribution in [0.15, 0.2) is 0 Å². The Morgan fingerprint density at radius 2 is 1.64 bits per heavy atom. The highest BCUT2D eigenvalue weighted by Crippen LogP contribution is 2.42. The quantitative estimate of drug-likeness (QED) is 0.602. The third-order valence-electron chi connectivity index (χ3n) is 2.96. The van der Waals surface area contributed by atoms with Crippen molar-refractivity contribution in [3.8, 4) is 0 Å². The fourth-order valence-electron chi connectivity index (χ4n) is 1.06. The summed E-state index contributed by atoms with van der Waals surface area (Å²) in [6, 6.07) is 0. The molecule has 66 valence electrons. The summed E-state index contributed by atoms with van der Waals surface area (Å²) in [5.74, 6) is 0. The Bertz CT molecular complexity index is 152. The highest BCUT2D eigenvalue weighted by Gasteiger charge is 2.51. The molecule has 0 saturated carbocycles. The van der Waals surface area contributed by atoms with Crippen LogP contribution in [0.1, 0.15) is 27.7 Å². The highest BCUT2D eigenvalue weighted by atomic mass is 79.9. The molecular formula is C7H14BrClN2. The summed E-state index contributed by atoms with van der Waals surface area (Å²) < 4.78 is 3.90. The van der Waals surface area contributed by atoms with Crippen molar-refractivity contribution in [2.75, 3.05) is 6.67 Å². The summed E-state index contributed by atoms with van der Waals surface area (Å²) in [5, 5.41) is 0. The van der Waals surface area contributed by atoms with Crippen molar-refractivity contribution in [1.82, 2.24) is 8.34 Å². The van der Waals surface area contributed by atoms with Gasteiger partial charge >= 0.3 is 0 Å². The van der Waals surface area contributed by atoms with Gasteiger partial charge in [-0.15, -0.1) is 0 Å². The van der Waals surface area contributed by atoms with E-state index in [-0.39, 0.29) is 11.1 Å². The third kappa shape index (κ3) is 1.22. The Balaban J connectivity index is 2.95. The minimum absolute atomic E-state index is 0.00193. The topological polar surface area (TPSA) is 6.48 Å². The molecule has 1 saturated heterocycles. The van der Waals surface area contributed by atoms with Crippen LogP contribution in [0.5, 0.6) is 0 Å². The van der Waals surface area contributed by atoms with Gasteiger partial charge in [0.05, 0.1) is 12.2 Å². The minimum atomic E-state index is -0.00193. The lowest BCUT2D eigenvalue weighted by atomic mass is 9.85. The van der Waals surface area contributed by atoms with E-state index in [9.17, 15) is 0 Å². The summed E-state index contributed by atoms with van der Waals surface area (Å²) in [7, 11) is 0. The molecule has 1 fully saturated rings. The van der Waals surface area contributed by atoms with E-state index >= 15 is 0 Å². The van der Waals surface area contributed by atoms with Crippen molar-refractivity contribution in [3.63, 3.8) is 0 Å². The maximum atomic E-state index is 6.04. The van der Waals surface area contributed by atoms with E-state index in [1.165, 1.54) is 0 Å². The minimum Gasteiger partial charge on any atom is -0.220 e.